The van der Waals surface area contributed by atoms with E-state index in [0.717, 1.165) is 10.0 Å². The number of thiophene rings is 1. The second-order valence-corrected chi connectivity index (χ2v) is 6.39. The quantitative estimate of drug-likeness (QED) is 0.673. The summed E-state index contributed by atoms with van der Waals surface area (Å²) in [4.78, 5) is 24.3. The van der Waals surface area contributed by atoms with Crippen LogP contribution in [0.3, 0.4) is 0 Å². The van der Waals surface area contributed by atoms with Gasteiger partial charge in [-0.25, -0.2) is 4.79 Å². The number of amides is 1. The van der Waals surface area contributed by atoms with Gasteiger partial charge in [0.1, 0.15) is 5.56 Å². The van der Waals surface area contributed by atoms with Gasteiger partial charge in [-0.15, -0.1) is 11.3 Å². The summed E-state index contributed by atoms with van der Waals surface area (Å²) in [7, 11) is 0. The second-order valence-electron chi connectivity index (χ2n) is 4.60. The molecule has 7 heteroatoms. The van der Waals surface area contributed by atoms with Gasteiger partial charge in [0.05, 0.1) is 16.8 Å². The van der Waals surface area contributed by atoms with E-state index in [1.54, 1.807) is 11.4 Å². The molecule has 2 aromatic heterocycles. The molecule has 0 aliphatic heterocycles. The highest BCUT2D eigenvalue weighted by atomic mass is 79.9. The van der Waals surface area contributed by atoms with Gasteiger partial charge in [-0.3, -0.25) is 4.79 Å². The average Bonchev–Trinajstić information content (AvgIpc) is 3.17. The van der Waals surface area contributed by atoms with Crippen LogP contribution in [0, 0.1) is 0 Å². The number of furan rings is 1. The summed E-state index contributed by atoms with van der Waals surface area (Å²) in [5, 5.41) is 13.7. The zero-order chi connectivity index (χ0) is 16.4. The Morgan fingerprint density at radius 1 is 1.17 bits per heavy atom. The molecule has 0 bridgehead atoms. The number of hydrogen-bond donors (Lipinski definition) is 2. The van der Waals surface area contributed by atoms with E-state index < -0.39 is 11.9 Å². The SMILES string of the molecule is O=C(Nc1csc(-c2ccc(Br)cc2)c1C(=O)O)c1ccco1. The number of carboxylic acids is 1. The molecule has 0 saturated heterocycles. The predicted octanol–water partition coefficient (Wildman–Crippen LogP) is 4.72. The van der Waals surface area contributed by atoms with E-state index in [9.17, 15) is 14.7 Å². The number of rotatable bonds is 4. The molecule has 23 heavy (non-hydrogen) atoms. The number of carbonyl (C=O) groups excluding carboxylic acids is 1. The van der Waals surface area contributed by atoms with Crippen LogP contribution < -0.4 is 5.32 Å². The minimum Gasteiger partial charge on any atom is -0.478 e. The van der Waals surface area contributed by atoms with Crippen LogP contribution in [0.5, 0.6) is 0 Å². The first-order chi connectivity index (χ1) is 11.1. The van der Waals surface area contributed by atoms with E-state index in [4.69, 9.17) is 4.42 Å². The lowest BCUT2D eigenvalue weighted by atomic mass is 10.1. The molecule has 0 radical (unpaired) electrons. The van der Waals surface area contributed by atoms with E-state index >= 15 is 0 Å². The van der Waals surface area contributed by atoms with Crippen LogP contribution >= 0.6 is 27.3 Å². The molecule has 0 atom stereocenters. The van der Waals surface area contributed by atoms with Crippen molar-refractivity contribution in [2.24, 2.45) is 0 Å². The van der Waals surface area contributed by atoms with Crippen molar-refractivity contribution in [2.45, 2.75) is 0 Å². The van der Waals surface area contributed by atoms with E-state index in [-0.39, 0.29) is 17.0 Å². The highest BCUT2D eigenvalue weighted by Gasteiger charge is 2.22. The van der Waals surface area contributed by atoms with Gasteiger partial charge >= 0.3 is 5.97 Å². The Hall–Kier alpha value is -2.38. The number of benzene rings is 1. The van der Waals surface area contributed by atoms with Crippen molar-refractivity contribution >= 4 is 44.8 Å². The van der Waals surface area contributed by atoms with E-state index in [0.29, 0.717) is 4.88 Å². The van der Waals surface area contributed by atoms with Crippen LogP contribution in [0.4, 0.5) is 5.69 Å². The Morgan fingerprint density at radius 3 is 2.52 bits per heavy atom. The molecule has 1 amide bonds. The molecule has 116 valence electrons. The first-order valence-electron chi connectivity index (χ1n) is 6.52. The van der Waals surface area contributed by atoms with Crippen molar-refractivity contribution in [3.05, 3.63) is 63.8 Å². The molecule has 0 fully saturated rings. The lowest BCUT2D eigenvalue weighted by Crippen LogP contribution is -2.13. The zero-order valence-electron chi connectivity index (χ0n) is 11.6. The molecule has 0 saturated carbocycles. The molecule has 0 unspecified atom stereocenters. The van der Waals surface area contributed by atoms with Crippen molar-refractivity contribution < 1.29 is 19.1 Å². The van der Waals surface area contributed by atoms with Crippen LogP contribution in [0.25, 0.3) is 10.4 Å². The fourth-order valence-corrected chi connectivity index (χ4v) is 3.33. The zero-order valence-corrected chi connectivity index (χ0v) is 14.0. The van der Waals surface area contributed by atoms with Crippen molar-refractivity contribution in [1.29, 1.82) is 0 Å². The minimum atomic E-state index is -1.10. The molecule has 3 aromatic rings. The van der Waals surface area contributed by atoms with Crippen molar-refractivity contribution in [1.82, 2.24) is 0 Å². The Morgan fingerprint density at radius 2 is 1.91 bits per heavy atom. The molecule has 0 aliphatic rings. The summed E-state index contributed by atoms with van der Waals surface area (Å²) < 4.78 is 5.91. The van der Waals surface area contributed by atoms with Crippen molar-refractivity contribution in [3.8, 4) is 10.4 Å². The van der Waals surface area contributed by atoms with Crippen molar-refractivity contribution in [2.75, 3.05) is 5.32 Å². The molecule has 2 N–H and O–H groups in total. The van der Waals surface area contributed by atoms with Gasteiger partial charge in [-0.1, -0.05) is 28.1 Å². The highest BCUT2D eigenvalue weighted by molar-refractivity contribution is 9.10. The molecular formula is C16H10BrNO4S. The number of halogens is 1. The van der Waals surface area contributed by atoms with Gasteiger partial charge in [0.2, 0.25) is 0 Å². The lowest BCUT2D eigenvalue weighted by Gasteiger charge is -2.05. The Kier molecular flexibility index (Phi) is 4.31. The molecule has 5 nitrogen and oxygen atoms in total. The van der Waals surface area contributed by atoms with Gasteiger partial charge in [0, 0.05) is 9.85 Å². The standard InChI is InChI=1S/C16H10BrNO4S/c17-10-5-3-9(4-6-10)14-13(16(20)21)11(8-23-14)18-15(19)12-2-1-7-22-12/h1-8H,(H,18,19)(H,20,21). The maximum Gasteiger partial charge on any atom is 0.339 e. The fourth-order valence-electron chi connectivity index (χ4n) is 2.07. The van der Waals surface area contributed by atoms with Gasteiger partial charge in [0.15, 0.2) is 5.76 Å². The summed E-state index contributed by atoms with van der Waals surface area (Å²) >= 11 is 4.61. The molecule has 0 aliphatic carbocycles. The minimum absolute atomic E-state index is 0.0669. The predicted molar refractivity (Wildman–Crippen MR) is 91.1 cm³/mol. The van der Waals surface area contributed by atoms with Gasteiger partial charge < -0.3 is 14.8 Å². The second kappa shape index (κ2) is 6.39. The maximum atomic E-state index is 12.0. The molecule has 1 aromatic carbocycles. The molecule has 3 rings (SSSR count). The van der Waals surface area contributed by atoms with E-state index in [1.807, 2.05) is 24.3 Å². The first-order valence-corrected chi connectivity index (χ1v) is 8.19. The van der Waals surface area contributed by atoms with Crippen molar-refractivity contribution in [3.63, 3.8) is 0 Å². The van der Waals surface area contributed by atoms with Crippen LogP contribution in [0.1, 0.15) is 20.9 Å². The Bertz CT molecular complexity index is 853. The third kappa shape index (κ3) is 3.20. The summed E-state index contributed by atoms with van der Waals surface area (Å²) in [5.41, 5.74) is 1.09. The largest absolute Gasteiger partial charge is 0.478 e. The molecular weight excluding hydrogens is 382 g/mol. The number of hydrogen-bond acceptors (Lipinski definition) is 4. The van der Waals surface area contributed by atoms with Gasteiger partial charge in [-0.05, 0) is 29.8 Å². The summed E-state index contributed by atoms with van der Waals surface area (Å²) in [6, 6.07) is 10.4. The average molecular weight is 392 g/mol. The van der Waals surface area contributed by atoms with E-state index in [2.05, 4.69) is 21.2 Å². The molecule has 2 heterocycles. The van der Waals surface area contributed by atoms with Gasteiger partial charge in [0.25, 0.3) is 5.91 Å². The van der Waals surface area contributed by atoms with E-state index in [1.165, 1.54) is 23.7 Å². The number of aromatic carboxylic acids is 1. The summed E-state index contributed by atoms with van der Waals surface area (Å²) in [5.74, 6) is -1.46. The van der Waals surface area contributed by atoms with Crippen LogP contribution in [0.15, 0.2) is 56.9 Å². The molecule has 0 spiro atoms. The Balaban J connectivity index is 1.97. The third-order valence-corrected chi connectivity index (χ3v) is 4.66. The van der Waals surface area contributed by atoms with Crippen LogP contribution in [-0.4, -0.2) is 17.0 Å². The number of nitrogens with one attached hydrogen (secondary N) is 1. The summed E-state index contributed by atoms with van der Waals surface area (Å²) in [6.45, 7) is 0. The summed E-state index contributed by atoms with van der Waals surface area (Å²) in [6.07, 6.45) is 1.38. The number of carboxylic acid groups (broad SMARTS) is 1. The normalized spacial score (nSPS) is 10.5. The first kappa shape index (κ1) is 15.5. The lowest BCUT2D eigenvalue weighted by molar-refractivity contribution is 0.0699. The fraction of sp³-hybridized carbons (Fsp3) is 0. The maximum absolute atomic E-state index is 12.0. The van der Waals surface area contributed by atoms with Gasteiger partial charge in [-0.2, -0.15) is 0 Å². The smallest absolute Gasteiger partial charge is 0.339 e. The third-order valence-electron chi connectivity index (χ3n) is 3.10. The van der Waals surface area contributed by atoms with Crippen LogP contribution in [-0.2, 0) is 0 Å². The van der Waals surface area contributed by atoms with Crippen LogP contribution in [0.2, 0.25) is 0 Å². The monoisotopic (exact) mass is 391 g/mol. The topological polar surface area (TPSA) is 79.5 Å². The number of carbonyl (C=O) groups is 2. The Labute approximate surface area is 143 Å². The number of anilines is 1. The highest BCUT2D eigenvalue weighted by Crippen LogP contribution is 2.36.